The Hall–Kier alpha value is -2.78. The summed E-state index contributed by atoms with van der Waals surface area (Å²) >= 11 is 0. The van der Waals surface area contributed by atoms with Gasteiger partial charge in [0.25, 0.3) is 5.91 Å². The molecule has 0 spiro atoms. The molecule has 166 valence electrons. The Morgan fingerprint density at radius 1 is 1.06 bits per heavy atom. The van der Waals surface area contributed by atoms with Crippen molar-refractivity contribution in [2.45, 2.75) is 58.0 Å². The molecule has 2 aromatic heterocycles. The molecular formula is C21H25F3N6O. The lowest BCUT2D eigenvalue weighted by molar-refractivity contribution is -0.141. The Bertz CT molecular complexity index is 972. The molecule has 7 nitrogen and oxygen atoms in total. The van der Waals surface area contributed by atoms with E-state index < -0.39 is 11.9 Å². The summed E-state index contributed by atoms with van der Waals surface area (Å²) < 4.78 is 38.9. The average Bonchev–Trinajstić information content (AvgIpc) is 3.27. The van der Waals surface area contributed by atoms with E-state index in [2.05, 4.69) is 25.2 Å². The van der Waals surface area contributed by atoms with E-state index in [-0.39, 0.29) is 30.4 Å². The van der Waals surface area contributed by atoms with Gasteiger partial charge in [-0.2, -0.15) is 13.2 Å². The van der Waals surface area contributed by atoms with Crippen LogP contribution >= 0.6 is 0 Å². The monoisotopic (exact) mass is 434 g/mol. The van der Waals surface area contributed by atoms with E-state index in [4.69, 9.17) is 4.98 Å². The quantitative estimate of drug-likeness (QED) is 0.779. The number of anilines is 1. The van der Waals surface area contributed by atoms with Gasteiger partial charge in [0.1, 0.15) is 17.2 Å². The standard InChI is InChI=1S/C21H25F3N6O/c1-13-12-16(21(22,23)24)28-17(26-13)8-9-25-19(31)18-14-6-2-3-7-15(14)27-20(29-18)30-10-4-5-11-30/h12H,2-11H2,1H3,(H,25,31). The summed E-state index contributed by atoms with van der Waals surface area (Å²) in [6.07, 6.45) is 1.34. The molecule has 1 aliphatic heterocycles. The summed E-state index contributed by atoms with van der Waals surface area (Å²) in [7, 11) is 0. The van der Waals surface area contributed by atoms with Crippen LogP contribution in [0.4, 0.5) is 19.1 Å². The van der Waals surface area contributed by atoms with Gasteiger partial charge < -0.3 is 10.2 Å². The number of nitrogens with one attached hydrogen (secondary N) is 1. The van der Waals surface area contributed by atoms with Crippen LogP contribution in [0.15, 0.2) is 6.07 Å². The number of alkyl halides is 3. The molecular weight excluding hydrogens is 409 g/mol. The molecule has 0 aromatic carbocycles. The van der Waals surface area contributed by atoms with Crippen molar-refractivity contribution >= 4 is 11.9 Å². The van der Waals surface area contributed by atoms with Gasteiger partial charge in [-0.15, -0.1) is 0 Å². The molecule has 0 saturated carbocycles. The largest absolute Gasteiger partial charge is 0.433 e. The first-order valence-corrected chi connectivity index (χ1v) is 10.7. The molecule has 0 atom stereocenters. The number of aryl methyl sites for hydroxylation is 2. The number of hydrogen-bond acceptors (Lipinski definition) is 6. The van der Waals surface area contributed by atoms with Gasteiger partial charge in [-0.25, -0.2) is 19.9 Å². The molecule has 2 aromatic rings. The first-order valence-electron chi connectivity index (χ1n) is 10.7. The zero-order chi connectivity index (χ0) is 22.0. The van der Waals surface area contributed by atoms with Crippen LogP contribution in [0.3, 0.4) is 0 Å². The van der Waals surface area contributed by atoms with Crippen molar-refractivity contribution in [1.82, 2.24) is 25.3 Å². The SMILES string of the molecule is Cc1cc(C(F)(F)F)nc(CCNC(=O)c2nc(N3CCCC3)nc3c2CCCC3)n1. The third kappa shape index (κ3) is 4.94. The predicted molar refractivity (Wildman–Crippen MR) is 108 cm³/mol. The molecule has 10 heteroatoms. The Morgan fingerprint density at radius 2 is 1.81 bits per heavy atom. The molecule has 0 radical (unpaired) electrons. The average molecular weight is 434 g/mol. The maximum Gasteiger partial charge on any atom is 0.433 e. The first-order chi connectivity index (χ1) is 14.8. The molecule has 1 fully saturated rings. The highest BCUT2D eigenvalue weighted by Gasteiger charge is 2.33. The lowest BCUT2D eigenvalue weighted by atomic mass is 9.94. The number of fused-ring (bicyclic) bond motifs is 1. The minimum atomic E-state index is -4.53. The van der Waals surface area contributed by atoms with Crippen molar-refractivity contribution in [3.63, 3.8) is 0 Å². The minimum absolute atomic E-state index is 0.0510. The van der Waals surface area contributed by atoms with Gasteiger partial charge in [-0.1, -0.05) is 0 Å². The van der Waals surface area contributed by atoms with Crippen LogP contribution < -0.4 is 10.2 Å². The van der Waals surface area contributed by atoms with Crippen LogP contribution in [-0.2, 0) is 25.4 Å². The summed E-state index contributed by atoms with van der Waals surface area (Å²) in [6.45, 7) is 3.38. The van der Waals surface area contributed by atoms with Gasteiger partial charge in [0, 0.05) is 43.0 Å². The fourth-order valence-corrected chi connectivity index (χ4v) is 4.09. The second-order valence-electron chi connectivity index (χ2n) is 8.01. The van der Waals surface area contributed by atoms with Crippen molar-refractivity contribution in [3.8, 4) is 0 Å². The summed E-state index contributed by atoms with van der Waals surface area (Å²) in [5.41, 5.74) is 1.47. The molecule has 3 heterocycles. The highest BCUT2D eigenvalue weighted by molar-refractivity contribution is 5.94. The number of halogens is 3. The Kier molecular flexibility index (Phi) is 6.06. The Balaban J connectivity index is 1.49. The number of nitrogens with zero attached hydrogens (tertiary/aromatic N) is 5. The smallest absolute Gasteiger partial charge is 0.350 e. The second kappa shape index (κ2) is 8.76. The fourth-order valence-electron chi connectivity index (χ4n) is 4.09. The van der Waals surface area contributed by atoms with Crippen LogP contribution in [0, 0.1) is 6.92 Å². The number of rotatable bonds is 5. The Morgan fingerprint density at radius 3 is 2.55 bits per heavy atom. The van der Waals surface area contributed by atoms with Gasteiger partial charge in [-0.3, -0.25) is 4.79 Å². The molecule has 0 bridgehead atoms. The van der Waals surface area contributed by atoms with Gasteiger partial charge in [-0.05, 0) is 51.5 Å². The molecule has 0 unspecified atom stereocenters. The number of aromatic nitrogens is 4. The van der Waals surface area contributed by atoms with E-state index in [1.54, 1.807) is 0 Å². The van der Waals surface area contributed by atoms with E-state index in [1.807, 2.05) is 0 Å². The molecule has 1 N–H and O–H groups in total. The van der Waals surface area contributed by atoms with Crippen molar-refractivity contribution in [3.05, 3.63) is 40.2 Å². The van der Waals surface area contributed by atoms with E-state index in [1.165, 1.54) is 6.92 Å². The van der Waals surface area contributed by atoms with Gasteiger partial charge in [0.2, 0.25) is 5.95 Å². The van der Waals surface area contributed by atoms with Crippen molar-refractivity contribution in [1.29, 1.82) is 0 Å². The predicted octanol–water partition coefficient (Wildman–Crippen LogP) is 3.05. The topological polar surface area (TPSA) is 83.9 Å². The molecule has 2 aliphatic rings. The third-order valence-corrected chi connectivity index (χ3v) is 5.60. The summed E-state index contributed by atoms with van der Waals surface area (Å²) in [5, 5.41) is 2.78. The maximum absolute atomic E-state index is 13.0. The lowest BCUT2D eigenvalue weighted by Gasteiger charge is -2.22. The maximum atomic E-state index is 13.0. The number of amides is 1. The normalized spacial score (nSPS) is 16.3. The molecule has 4 rings (SSSR count). The minimum Gasteiger partial charge on any atom is -0.350 e. The third-order valence-electron chi connectivity index (χ3n) is 5.60. The highest BCUT2D eigenvalue weighted by Crippen LogP contribution is 2.28. The van der Waals surface area contributed by atoms with Crippen LogP contribution in [-0.4, -0.2) is 45.5 Å². The summed E-state index contributed by atoms with van der Waals surface area (Å²) in [4.78, 5) is 32.0. The van der Waals surface area contributed by atoms with Crippen LogP contribution in [0.25, 0.3) is 0 Å². The van der Waals surface area contributed by atoms with Crippen molar-refractivity contribution in [2.24, 2.45) is 0 Å². The summed E-state index contributed by atoms with van der Waals surface area (Å²) in [5.74, 6) is 0.319. The van der Waals surface area contributed by atoms with Gasteiger partial charge >= 0.3 is 6.18 Å². The van der Waals surface area contributed by atoms with Crippen molar-refractivity contribution in [2.75, 3.05) is 24.5 Å². The zero-order valence-electron chi connectivity index (χ0n) is 17.4. The Labute approximate surface area is 178 Å². The number of hydrogen-bond donors (Lipinski definition) is 1. The van der Waals surface area contributed by atoms with Crippen LogP contribution in [0.2, 0.25) is 0 Å². The molecule has 1 amide bonds. The highest BCUT2D eigenvalue weighted by atomic mass is 19.4. The number of carbonyl (C=O) groups excluding carboxylic acids is 1. The van der Waals surface area contributed by atoms with E-state index >= 15 is 0 Å². The van der Waals surface area contributed by atoms with Gasteiger partial charge in [0.15, 0.2) is 0 Å². The van der Waals surface area contributed by atoms with E-state index in [0.29, 0.717) is 11.6 Å². The lowest BCUT2D eigenvalue weighted by Crippen LogP contribution is -2.31. The number of carbonyl (C=O) groups is 1. The van der Waals surface area contributed by atoms with Crippen LogP contribution in [0.5, 0.6) is 0 Å². The van der Waals surface area contributed by atoms with E-state index in [0.717, 1.165) is 68.9 Å². The molecule has 1 aliphatic carbocycles. The fraction of sp³-hybridized carbons (Fsp3) is 0.571. The van der Waals surface area contributed by atoms with E-state index in [9.17, 15) is 18.0 Å². The van der Waals surface area contributed by atoms with Crippen molar-refractivity contribution < 1.29 is 18.0 Å². The first kappa shape index (κ1) is 21.5. The second-order valence-corrected chi connectivity index (χ2v) is 8.01. The zero-order valence-corrected chi connectivity index (χ0v) is 17.4. The molecule has 1 saturated heterocycles. The van der Waals surface area contributed by atoms with Gasteiger partial charge in [0.05, 0.1) is 0 Å². The summed E-state index contributed by atoms with van der Waals surface area (Å²) in [6, 6.07) is 0.912. The molecule has 31 heavy (non-hydrogen) atoms. The van der Waals surface area contributed by atoms with Crippen LogP contribution in [0.1, 0.15) is 64.6 Å².